The quantitative estimate of drug-likeness (QED) is 0.751. The number of aryl methyl sites for hydroxylation is 1. The van der Waals surface area contributed by atoms with E-state index >= 15 is 0 Å². The molecular weight excluding hydrogens is 396 g/mol. The highest BCUT2D eigenvalue weighted by atomic mass is 32.2. The first-order chi connectivity index (χ1) is 13.3. The van der Waals surface area contributed by atoms with Crippen molar-refractivity contribution < 1.29 is 18.1 Å². The maximum Gasteiger partial charge on any atom is 0.283 e. The van der Waals surface area contributed by atoms with Gasteiger partial charge in [-0.05, 0) is 37.4 Å². The van der Waals surface area contributed by atoms with Crippen molar-refractivity contribution in [3.05, 3.63) is 46.8 Å². The molecular formula is C19H23N4O3S2+. The van der Waals surface area contributed by atoms with Crippen LogP contribution in [0.1, 0.15) is 18.1 Å². The molecule has 1 aliphatic rings. The van der Waals surface area contributed by atoms with E-state index in [1.807, 2.05) is 13.8 Å². The summed E-state index contributed by atoms with van der Waals surface area (Å²) in [6.45, 7) is 5.58. The number of quaternary nitrogens is 1. The number of thiophene rings is 1. The SMILES string of the molecule is Cc1ccc(S(=O)(=O)N2CC[NH+]([C@@H](C)C(=O)Nc3sccc3C#N)CC2)cc1. The molecule has 1 atom stereocenters. The van der Waals surface area contributed by atoms with E-state index in [0.717, 1.165) is 10.5 Å². The topological polar surface area (TPSA) is 94.7 Å². The van der Waals surface area contributed by atoms with E-state index in [0.29, 0.717) is 41.6 Å². The van der Waals surface area contributed by atoms with Crippen molar-refractivity contribution in [1.82, 2.24) is 4.31 Å². The number of piperazine rings is 1. The summed E-state index contributed by atoms with van der Waals surface area (Å²) in [6.07, 6.45) is 0. The molecule has 1 aliphatic heterocycles. The van der Waals surface area contributed by atoms with Crippen molar-refractivity contribution in [3.63, 3.8) is 0 Å². The molecule has 0 spiro atoms. The molecule has 0 aliphatic carbocycles. The predicted octanol–water partition coefficient (Wildman–Crippen LogP) is 0.845. The van der Waals surface area contributed by atoms with Gasteiger partial charge in [0.2, 0.25) is 10.0 Å². The van der Waals surface area contributed by atoms with Crippen LogP contribution in [-0.2, 0) is 14.8 Å². The number of nitriles is 1. The van der Waals surface area contributed by atoms with Crippen LogP contribution in [0.5, 0.6) is 0 Å². The smallest absolute Gasteiger partial charge is 0.283 e. The van der Waals surface area contributed by atoms with Gasteiger partial charge in [-0.15, -0.1) is 11.3 Å². The first kappa shape index (κ1) is 20.5. The van der Waals surface area contributed by atoms with Crippen molar-refractivity contribution in [2.24, 2.45) is 0 Å². The number of carbonyl (C=O) groups excluding carboxylic acids is 1. The number of rotatable bonds is 5. The monoisotopic (exact) mass is 419 g/mol. The van der Waals surface area contributed by atoms with Crippen molar-refractivity contribution in [2.75, 3.05) is 31.5 Å². The predicted molar refractivity (Wildman–Crippen MR) is 108 cm³/mol. The van der Waals surface area contributed by atoms with Gasteiger partial charge in [0, 0.05) is 0 Å². The second kappa shape index (κ2) is 8.41. The highest BCUT2D eigenvalue weighted by Crippen LogP contribution is 2.22. The summed E-state index contributed by atoms with van der Waals surface area (Å²) < 4.78 is 27.1. The van der Waals surface area contributed by atoms with Crippen LogP contribution in [0.15, 0.2) is 40.6 Å². The Morgan fingerprint density at radius 2 is 1.89 bits per heavy atom. The van der Waals surface area contributed by atoms with Crippen molar-refractivity contribution in [1.29, 1.82) is 5.26 Å². The van der Waals surface area contributed by atoms with Crippen LogP contribution in [0.2, 0.25) is 0 Å². The highest BCUT2D eigenvalue weighted by Gasteiger charge is 2.34. The zero-order valence-corrected chi connectivity index (χ0v) is 17.4. The van der Waals surface area contributed by atoms with Gasteiger partial charge in [-0.1, -0.05) is 17.7 Å². The lowest BCUT2D eigenvalue weighted by Gasteiger charge is -2.34. The Morgan fingerprint density at radius 3 is 2.50 bits per heavy atom. The molecule has 0 radical (unpaired) electrons. The fourth-order valence-corrected chi connectivity index (χ4v) is 5.39. The molecule has 1 aromatic carbocycles. The van der Waals surface area contributed by atoms with Gasteiger partial charge in [-0.3, -0.25) is 4.79 Å². The number of nitrogens with zero attached hydrogens (tertiary/aromatic N) is 2. The molecule has 0 saturated carbocycles. The molecule has 0 unspecified atom stereocenters. The minimum atomic E-state index is -3.51. The first-order valence-electron chi connectivity index (χ1n) is 9.03. The van der Waals surface area contributed by atoms with Gasteiger partial charge in [0.25, 0.3) is 5.91 Å². The van der Waals surface area contributed by atoms with E-state index in [9.17, 15) is 13.2 Å². The second-order valence-corrected chi connectivity index (χ2v) is 9.72. The number of amides is 1. The van der Waals surface area contributed by atoms with Crippen LogP contribution in [-0.4, -0.2) is 50.9 Å². The maximum absolute atomic E-state index is 12.8. The van der Waals surface area contributed by atoms with Crippen LogP contribution < -0.4 is 10.2 Å². The summed E-state index contributed by atoms with van der Waals surface area (Å²) in [7, 11) is -3.51. The molecule has 2 N–H and O–H groups in total. The number of benzene rings is 1. The fraction of sp³-hybridized carbons (Fsp3) is 0.368. The summed E-state index contributed by atoms with van der Waals surface area (Å²) in [6, 6.07) is 10.2. The van der Waals surface area contributed by atoms with E-state index in [1.165, 1.54) is 15.6 Å². The fourth-order valence-electron chi connectivity index (χ4n) is 3.21. The Morgan fingerprint density at radius 1 is 1.25 bits per heavy atom. The van der Waals surface area contributed by atoms with Gasteiger partial charge in [0.15, 0.2) is 6.04 Å². The number of nitrogens with one attached hydrogen (secondary N) is 2. The van der Waals surface area contributed by atoms with Gasteiger partial charge < -0.3 is 10.2 Å². The average Bonchev–Trinajstić information content (AvgIpc) is 3.15. The van der Waals surface area contributed by atoms with Gasteiger partial charge in [-0.2, -0.15) is 9.57 Å². The summed E-state index contributed by atoms with van der Waals surface area (Å²) in [4.78, 5) is 13.9. The normalized spacial score (nSPS) is 17.0. The Kier molecular flexibility index (Phi) is 6.15. The number of hydrogen-bond donors (Lipinski definition) is 2. The lowest BCUT2D eigenvalue weighted by Crippen LogP contribution is -3.19. The minimum Gasteiger partial charge on any atom is -0.323 e. The zero-order valence-electron chi connectivity index (χ0n) is 15.8. The molecule has 1 saturated heterocycles. The van der Waals surface area contributed by atoms with Gasteiger partial charge in [0.05, 0.1) is 36.6 Å². The third kappa shape index (κ3) is 4.25. The third-order valence-electron chi connectivity index (χ3n) is 5.05. The molecule has 9 heteroatoms. The Labute approximate surface area is 169 Å². The molecule has 1 amide bonds. The van der Waals surface area contributed by atoms with E-state index in [2.05, 4.69) is 11.4 Å². The summed E-state index contributed by atoms with van der Waals surface area (Å²) in [5.41, 5.74) is 1.47. The number of hydrogen-bond acceptors (Lipinski definition) is 5. The van der Waals surface area contributed by atoms with Crippen molar-refractivity contribution >= 4 is 32.3 Å². The molecule has 148 valence electrons. The standard InChI is InChI=1S/C19H22N4O3S2/c1-14-3-5-17(6-4-14)28(25,26)23-10-8-22(9-11-23)15(2)18(24)21-19-16(13-20)7-12-27-19/h3-7,12,15H,8-11H2,1-2H3,(H,21,24)/p+1/t15-/m0/s1. The summed E-state index contributed by atoms with van der Waals surface area (Å²) >= 11 is 1.32. The zero-order chi connectivity index (χ0) is 20.3. The third-order valence-corrected chi connectivity index (χ3v) is 7.79. The molecule has 1 aromatic heterocycles. The lowest BCUT2D eigenvalue weighted by atomic mass is 10.2. The Hall–Kier alpha value is -2.25. The number of sulfonamides is 1. The largest absolute Gasteiger partial charge is 0.323 e. The highest BCUT2D eigenvalue weighted by molar-refractivity contribution is 7.89. The molecule has 7 nitrogen and oxygen atoms in total. The van der Waals surface area contributed by atoms with E-state index in [4.69, 9.17) is 5.26 Å². The van der Waals surface area contributed by atoms with Crippen LogP contribution in [0.3, 0.4) is 0 Å². The van der Waals surface area contributed by atoms with E-state index in [-0.39, 0.29) is 11.9 Å². The first-order valence-corrected chi connectivity index (χ1v) is 11.3. The van der Waals surface area contributed by atoms with Crippen molar-refractivity contribution in [3.8, 4) is 6.07 Å². The number of carbonyl (C=O) groups is 1. The Balaban J connectivity index is 1.60. The summed E-state index contributed by atoms with van der Waals surface area (Å²) in [5, 5.41) is 14.2. The summed E-state index contributed by atoms with van der Waals surface area (Å²) in [5.74, 6) is -0.163. The molecule has 2 aromatic rings. The molecule has 1 fully saturated rings. The molecule has 3 rings (SSSR count). The minimum absolute atomic E-state index is 0.163. The lowest BCUT2D eigenvalue weighted by molar-refractivity contribution is -0.917. The van der Waals surface area contributed by atoms with Gasteiger partial charge in [-0.25, -0.2) is 8.42 Å². The van der Waals surface area contributed by atoms with Gasteiger partial charge in [0.1, 0.15) is 11.1 Å². The van der Waals surface area contributed by atoms with Gasteiger partial charge >= 0.3 is 0 Å². The molecule has 2 heterocycles. The Bertz CT molecular complexity index is 985. The molecule has 28 heavy (non-hydrogen) atoms. The number of anilines is 1. The second-order valence-electron chi connectivity index (χ2n) is 6.86. The van der Waals surface area contributed by atoms with E-state index < -0.39 is 10.0 Å². The van der Waals surface area contributed by atoms with Crippen molar-refractivity contribution in [2.45, 2.75) is 24.8 Å². The van der Waals surface area contributed by atoms with Crippen LogP contribution in [0.4, 0.5) is 5.00 Å². The van der Waals surface area contributed by atoms with Crippen LogP contribution >= 0.6 is 11.3 Å². The maximum atomic E-state index is 12.8. The average molecular weight is 420 g/mol. The van der Waals surface area contributed by atoms with E-state index in [1.54, 1.807) is 35.7 Å². The van der Waals surface area contributed by atoms with Crippen LogP contribution in [0, 0.1) is 18.3 Å². The molecule has 0 bridgehead atoms. The van der Waals surface area contributed by atoms with Crippen LogP contribution in [0.25, 0.3) is 0 Å².